The summed E-state index contributed by atoms with van der Waals surface area (Å²) in [5.41, 5.74) is 2.98. The number of likely N-dealkylation sites (N-methyl/N-ethyl adjacent to an activating group) is 1. The molecule has 21 heavy (non-hydrogen) atoms. The summed E-state index contributed by atoms with van der Waals surface area (Å²) in [6.45, 7) is 11.1. The number of carbonyl (C=O) groups excluding carboxylic acids is 1. The molecule has 1 amide bonds. The number of hydrogen-bond donors (Lipinski definition) is 2. The largest absolute Gasteiger partial charge is 0.378 e. The third-order valence-electron chi connectivity index (χ3n) is 4.87. The van der Waals surface area contributed by atoms with Gasteiger partial charge in [0.05, 0.1) is 5.41 Å². The lowest BCUT2D eigenvalue weighted by atomic mass is 9.86. The van der Waals surface area contributed by atoms with Crippen LogP contribution < -0.4 is 15.5 Å². The van der Waals surface area contributed by atoms with Gasteiger partial charge in [-0.15, -0.1) is 0 Å². The van der Waals surface area contributed by atoms with Crippen molar-refractivity contribution in [2.45, 2.75) is 45.1 Å². The minimum Gasteiger partial charge on any atom is -0.378 e. The van der Waals surface area contributed by atoms with Crippen LogP contribution >= 0.6 is 0 Å². The Labute approximate surface area is 126 Å². The number of fused-ring (bicyclic) bond motifs is 1. The average molecular weight is 287 g/mol. The Bertz CT molecular complexity index is 573. The number of benzene rings is 1. The Balaban J connectivity index is 1.95. The van der Waals surface area contributed by atoms with Gasteiger partial charge in [-0.2, -0.15) is 0 Å². The van der Waals surface area contributed by atoms with Crippen molar-refractivity contribution in [1.82, 2.24) is 5.32 Å². The van der Waals surface area contributed by atoms with Gasteiger partial charge in [-0.05, 0) is 58.4 Å². The molecule has 2 aliphatic rings. The van der Waals surface area contributed by atoms with Crippen molar-refractivity contribution in [3.05, 3.63) is 23.8 Å². The van der Waals surface area contributed by atoms with Crippen LogP contribution in [0.4, 0.5) is 11.4 Å². The third kappa shape index (κ3) is 2.22. The van der Waals surface area contributed by atoms with Crippen molar-refractivity contribution >= 4 is 17.3 Å². The Morgan fingerprint density at radius 3 is 2.71 bits per heavy atom. The molecule has 1 saturated heterocycles. The molecule has 0 spiro atoms. The van der Waals surface area contributed by atoms with Crippen molar-refractivity contribution < 1.29 is 4.79 Å². The fourth-order valence-corrected chi connectivity index (χ4v) is 3.51. The number of nitrogens with one attached hydrogen (secondary N) is 2. The number of hydrogen-bond acceptors (Lipinski definition) is 3. The highest BCUT2D eigenvalue weighted by atomic mass is 16.2. The van der Waals surface area contributed by atoms with Crippen molar-refractivity contribution in [2.24, 2.45) is 0 Å². The number of anilines is 2. The lowest BCUT2D eigenvalue weighted by Crippen LogP contribution is -2.37. The van der Waals surface area contributed by atoms with Gasteiger partial charge in [0.15, 0.2) is 0 Å². The van der Waals surface area contributed by atoms with Gasteiger partial charge in [-0.1, -0.05) is 6.07 Å². The smallest absolute Gasteiger partial charge is 0.237 e. The summed E-state index contributed by atoms with van der Waals surface area (Å²) in [5, 5.41) is 7.03. The normalized spacial score (nSPS) is 27.0. The maximum atomic E-state index is 12.5. The van der Waals surface area contributed by atoms with Gasteiger partial charge in [0.25, 0.3) is 0 Å². The summed E-state index contributed by atoms with van der Waals surface area (Å²) in [6.07, 6.45) is 1.12. The van der Waals surface area contributed by atoms with Crippen LogP contribution in [0.3, 0.4) is 0 Å². The summed E-state index contributed by atoms with van der Waals surface area (Å²) in [5.74, 6) is 0.200. The van der Waals surface area contributed by atoms with Crippen LogP contribution in [0.2, 0.25) is 0 Å². The van der Waals surface area contributed by atoms with Crippen LogP contribution in [0.25, 0.3) is 0 Å². The molecule has 1 unspecified atom stereocenters. The van der Waals surface area contributed by atoms with E-state index in [1.807, 2.05) is 25.7 Å². The van der Waals surface area contributed by atoms with Gasteiger partial charge in [-0.3, -0.25) is 4.79 Å². The molecule has 2 aliphatic heterocycles. The topological polar surface area (TPSA) is 44.4 Å². The number of rotatable bonds is 3. The zero-order valence-corrected chi connectivity index (χ0v) is 13.4. The Morgan fingerprint density at radius 2 is 2.10 bits per heavy atom. The van der Waals surface area contributed by atoms with Gasteiger partial charge in [0, 0.05) is 30.0 Å². The molecule has 0 aliphatic carbocycles. The maximum absolute atomic E-state index is 12.5. The fourth-order valence-electron chi connectivity index (χ4n) is 3.51. The maximum Gasteiger partial charge on any atom is 0.237 e. The Kier molecular flexibility index (Phi) is 3.24. The molecule has 1 fully saturated rings. The highest BCUT2D eigenvalue weighted by Crippen LogP contribution is 2.43. The molecule has 3 rings (SSSR count). The van der Waals surface area contributed by atoms with E-state index < -0.39 is 5.41 Å². The zero-order valence-electron chi connectivity index (χ0n) is 13.4. The van der Waals surface area contributed by atoms with E-state index in [4.69, 9.17) is 0 Å². The molecule has 0 radical (unpaired) electrons. The summed E-state index contributed by atoms with van der Waals surface area (Å²) in [4.78, 5) is 14.4. The molecule has 0 saturated carbocycles. The predicted molar refractivity (Wildman–Crippen MR) is 87.0 cm³/mol. The van der Waals surface area contributed by atoms with Crippen LogP contribution in [0, 0.1) is 0 Å². The van der Waals surface area contributed by atoms with E-state index in [0.717, 1.165) is 43.0 Å². The monoisotopic (exact) mass is 287 g/mol. The molecule has 2 heterocycles. The van der Waals surface area contributed by atoms with E-state index in [1.165, 1.54) is 0 Å². The SMILES string of the molecule is CCN1C(=O)C(C)(C)c2ccc(NC3(C)CCNC3)cc21. The molecule has 4 heteroatoms. The molecule has 2 N–H and O–H groups in total. The zero-order chi connectivity index (χ0) is 15.3. The standard InChI is InChI=1S/C17H25N3O/c1-5-20-14-10-12(19-17(4)8-9-18-11-17)6-7-13(14)16(2,3)15(20)21/h6-7,10,18-19H,5,8-9,11H2,1-4H3. The second kappa shape index (κ2) is 4.73. The average Bonchev–Trinajstić information content (AvgIpc) is 2.92. The number of carbonyl (C=O) groups is 1. The van der Waals surface area contributed by atoms with Gasteiger partial charge in [-0.25, -0.2) is 0 Å². The predicted octanol–water partition coefficient (Wildman–Crippen LogP) is 2.49. The van der Waals surface area contributed by atoms with Crippen molar-refractivity contribution in [1.29, 1.82) is 0 Å². The first-order valence-corrected chi connectivity index (χ1v) is 7.83. The molecule has 1 aromatic rings. The van der Waals surface area contributed by atoms with Gasteiger partial charge in [0.2, 0.25) is 5.91 Å². The van der Waals surface area contributed by atoms with Crippen molar-refractivity contribution in [3.8, 4) is 0 Å². The second-order valence-electron chi connectivity index (χ2n) is 7.02. The molecular weight excluding hydrogens is 262 g/mol. The molecule has 114 valence electrons. The lowest BCUT2D eigenvalue weighted by molar-refractivity contribution is -0.122. The van der Waals surface area contributed by atoms with E-state index in [9.17, 15) is 4.79 Å². The first-order valence-electron chi connectivity index (χ1n) is 7.83. The van der Waals surface area contributed by atoms with E-state index in [0.29, 0.717) is 0 Å². The number of amides is 1. The van der Waals surface area contributed by atoms with E-state index >= 15 is 0 Å². The number of nitrogens with zero attached hydrogens (tertiary/aromatic N) is 1. The Morgan fingerprint density at radius 1 is 1.33 bits per heavy atom. The summed E-state index contributed by atoms with van der Waals surface area (Å²) in [7, 11) is 0. The third-order valence-corrected chi connectivity index (χ3v) is 4.87. The van der Waals surface area contributed by atoms with Gasteiger partial charge in [0.1, 0.15) is 0 Å². The molecule has 0 bridgehead atoms. The lowest BCUT2D eigenvalue weighted by Gasteiger charge is -2.26. The van der Waals surface area contributed by atoms with Crippen molar-refractivity contribution in [2.75, 3.05) is 29.9 Å². The van der Waals surface area contributed by atoms with Crippen LogP contribution in [-0.2, 0) is 10.2 Å². The fraction of sp³-hybridized carbons (Fsp3) is 0.588. The minimum absolute atomic E-state index is 0.101. The first-order chi connectivity index (χ1) is 9.87. The van der Waals surface area contributed by atoms with Crippen LogP contribution in [0.1, 0.15) is 39.7 Å². The summed E-state index contributed by atoms with van der Waals surface area (Å²) < 4.78 is 0. The summed E-state index contributed by atoms with van der Waals surface area (Å²) >= 11 is 0. The minimum atomic E-state index is -0.414. The van der Waals surface area contributed by atoms with Crippen LogP contribution in [0.15, 0.2) is 18.2 Å². The first kappa shape index (κ1) is 14.4. The molecule has 1 aromatic carbocycles. The highest BCUT2D eigenvalue weighted by Gasteiger charge is 2.43. The molecule has 4 nitrogen and oxygen atoms in total. The van der Waals surface area contributed by atoms with Crippen LogP contribution in [-0.4, -0.2) is 31.1 Å². The van der Waals surface area contributed by atoms with Crippen molar-refractivity contribution in [3.63, 3.8) is 0 Å². The quantitative estimate of drug-likeness (QED) is 0.898. The molecular formula is C17H25N3O. The summed E-state index contributed by atoms with van der Waals surface area (Å²) in [6, 6.07) is 6.35. The van der Waals surface area contributed by atoms with E-state index in [1.54, 1.807) is 0 Å². The molecule has 0 aromatic heterocycles. The Hall–Kier alpha value is -1.55. The molecule has 1 atom stereocenters. The van der Waals surface area contributed by atoms with E-state index in [2.05, 4.69) is 35.8 Å². The second-order valence-corrected chi connectivity index (χ2v) is 7.02. The highest BCUT2D eigenvalue weighted by molar-refractivity contribution is 6.08. The van der Waals surface area contributed by atoms with Gasteiger partial charge >= 0.3 is 0 Å². The van der Waals surface area contributed by atoms with E-state index in [-0.39, 0.29) is 11.4 Å². The van der Waals surface area contributed by atoms with Crippen LogP contribution in [0.5, 0.6) is 0 Å². The van der Waals surface area contributed by atoms with Gasteiger partial charge < -0.3 is 15.5 Å².